The molecule has 0 radical (unpaired) electrons. The first-order chi connectivity index (χ1) is 19.7. The van der Waals surface area contributed by atoms with Gasteiger partial charge in [-0.3, -0.25) is 9.59 Å². The van der Waals surface area contributed by atoms with E-state index in [1.54, 1.807) is 6.07 Å². The number of piperidine rings is 1. The van der Waals surface area contributed by atoms with Gasteiger partial charge in [-0.05, 0) is 69.8 Å². The number of carbonyl (C=O) groups excluding carboxylic acids is 2. The van der Waals surface area contributed by atoms with Crippen LogP contribution in [0.5, 0.6) is 11.5 Å². The van der Waals surface area contributed by atoms with Crippen LogP contribution >= 0.6 is 0 Å². The molecule has 2 heterocycles. The Morgan fingerprint density at radius 3 is 2.39 bits per heavy atom. The summed E-state index contributed by atoms with van der Waals surface area (Å²) in [6.45, 7) is 0.664. The number of likely N-dealkylation sites (tertiary alicyclic amines) is 1. The van der Waals surface area contributed by atoms with Gasteiger partial charge >= 0.3 is 11.9 Å². The summed E-state index contributed by atoms with van der Waals surface area (Å²) in [5, 5.41) is 18.9. The monoisotopic (exact) mass is 575 g/mol. The smallest absolute Gasteiger partial charge is 0.311 e. The average Bonchev–Trinajstić information content (AvgIpc) is 3.27. The van der Waals surface area contributed by atoms with E-state index in [0.29, 0.717) is 37.2 Å². The van der Waals surface area contributed by atoms with Crippen molar-refractivity contribution in [1.29, 1.82) is 0 Å². The fourth-order valence-electron chi connectivity index (χ4n) is 6.80. The molecule has 1 saturated heterocycles. The molecular formula is C27H33N3O11. The van der Waals surface area contributed by atoms with Crippen molar-refractivity contribution in [2.24, 2.45) is 5.92 Å². The van der Waals surface area contributed by atoms with Gasteiger partial charge in [0.05, 0.1) is 13.2 Å². The van der Waals surface area contributed by atoms with E-state index in [1.165, 1.54) is 0 Å². The van der Waals surface area contributed by atoms with Crippen LogP contribution in [0.1, 0.15) is 56.1 Å². The second kappa shape index (κ2) is 11.9. The number of carbonyl (C=O) groups is 2. The molecule has 41 heavy (non-hydrogen) atoms. The Hall–Kier alpha value is -3.94. The zero-order chi connectivity index (χ0) is 29.1. The van der Waals surface area contributed by atoms with Gasteiger partial charge in [0.2, 0.25) is 0 Å². The van der Waals surface area contributed by atoms with Crippen molar-refractivity contribution in [2.75, 3.05) is 26.8 Å². The van der Waals surface area contributed by atoms with Crippen molar-refractivity contribution in [3.05, 3.63) is 55.6 Å². The fraction of sp³-hybridized carbons (Fsp3) is 0.630. The van der Waals surface area contributed by atoms with E-state index in [2.05, 4.69) is 27.7 Å². The highest BCUT2D eigenvalue weighted by Gasteiger charge is 2.65. The summed E-state index contributed by atoms with van der Waals surface area (Å²) in [5.41, 5.74) is 1.70. The summed E-state index contributed by atoms with van der Waals surface area (Å²) in [5.74, 6) is 0.0393. The zero-order valence-electron chi connectivity index (χ0n) is 22.7. The normalized spacial score (nSPS) is 26.9. The molecule has 2 bridgehead atoms. The van der Waals surface area contributed by atoms with Gasteiger partial charge < -0.3 is 28.8 Å². The molecule has 5 atom stereocenters. The van der Waals surface area contributed by atoms with Crippen molar-refractivity contribution >= 4 is 11.9 Å². The van der Waals surface area contributed by atoms with Gasteiger partial charge in [0.25, 0.3) is 10.2 Å². The Morgan fingerprint density at radius 1 is 1.02 bits per heavy atom. The van der Waals surface area contributed by atoms with E-state index in [9.17, 15) is 29.8 Å². The molecule has 0 amide bonds. The van der Waals surface area contributed by atoms with Crippen molar-refractivity contribution in [1.82, 2.24) is 4.90 Å². The number of benzene rings is 1. The lowest BCUT2D eigenvalue weighted by Gasteiger charge is -2.56. The molecule has 0 N–H and O–H groups in total. The summed E-state index contributed by atoms with van der Waals surface area (Å²) in [4.78, 5) is 56.9. The van der Waals surface area contributed by atoms with Gasteiger partial charge in [-0.1, -0.05) is 12.1 Å². The largest absolute Gasteiger partial charge is 0.481 e. The number of nitrogens with zero attached hydrogens (tertiary/aromatic N) is 3. The summed E-state index contributed by atoms with van der Waals surface area (Å²) in [7, 11) is 2.11. The van der Waals surface area contributed by atoms with Crippen LogP contribution in [-0.4, -0.2) is 72.1 Å². The number of esters is 2. The molecule has 0 saturated carbocycles. The zero-order valence-corrected chi connectivity index (χ0v) is 22.7. The van der Waals surface area contributed by atoms with Gasteiger partial charge in [0.1, 0.15) is 6.10 Å². The maximum Gasteiger partial charge on any atom is 0.311 e. The quantitative estimate of drug-likeness (QED) is 0.0795. The van der Waals surface area contributed by atoms with E-state index in [1.807, 2.05) is 12.1 Å². The summed E-state index contributed by atoms with van der Waals surface area (Å²) < 4.78 is 18.2. The van der Waals surface area contributed by atoms with Gasteiger partial charge in [0.15, 0.2) is 17.6 Å². The van der Waals surface area contributed by atoms with Crippen molar-refractivity contribution < 1.29 is 43.6 Å². The first kappa shape index (κ1) is 28.6. The number of ether oxygens (including phenoxy) is 3. The van der Waals surface area contributed by atoms with Gasteiger partial charge in [-0.15, -0.1) is 20.2 Å². The fourth-order valence-corrected chi connectivity index (χ4v) is 6.80. The highest BCUT2D eigenvalue weighted by atomic mass is 17.0. The summed E-state index contributed by atoms with van der Waals surface area (Å²) >= 11 is 0. The van der Waals surface area contributed by atoms with Gasteiger partial charge in [0, 0.05) is 35.8 Å². The minimum absolute atomic E-state index is 0.0656. The predicted molar refractivity (Wildman–Crippen MR) is 139 cm³/mol. The Bertz CT molecular complexity index is 1240. The molecule has 4 aliphatic rings. The SMILES string of the molecule is CN1CC[C@]23c4c5ccc(OC(=O)CCCCO[N+](=O)[O-])c4OC2C(OC(=O)CCCCO[N+](=O)[O-])C=CC3C1C5. The second-order valence-electron chi connectivity index (χ2n) is 10.9. The van der Waals surface area contributed by atoms with E-state index in [4.69, 9.17) is 14.2 Å². The molecule has 1 fully saturated rings. The minimum atomic E-state index is -0.863. The maximum atomic E-state index is 12.7. The molecule has 5 rings (SSSR count). The van der Waals surface area contributed by atoms with Crippen LogP contribution in [0, 0.1) is 26.1 Å². The summed E-state index contributed by atoms with van der Waals surface area (Å²) in [6, 6.07) is 3.97. The highest BCUT2D eigenvalue weighted by molar-refractivity contribution is 5.75. The number of unbranched alkanes of at least 4 members (excludes halogenated alkanes) is 2. The third kappa shape index (κ3) is 5.65. The second-order valence-corrected chi connectivity index (χ2v) is 10.9. The first-order valence-electron chi connectivity index (χ1n) is 13.9. The molecule has 14 heteroatoms. The lowest BCUT2D eigenvalue weighted by molar-refractivity contribution is -0.757. The number of hydrogen-bond acceptors (Lipinski definition) is 12. The molecule has 0 aromatic heterocycles. The van der Waals surface area contributed by atoms with Crippen LogP contribution in [-0.2, 0) is 35.8 Å². The Morgan fingerprint density at radius 2 is 1.71 bits per heavy atom. The van der Waals surface area contributed by atoms with Gasteiger partial charge in [-0.2, -0.15) is 0 Å². The van der Waals surface area contributed by atoms with E-state index < -0.39 is 39.7 Å². The van der Waals surface area contributed by atoms with Crippen LogP contribution in [0.25, 0.3) is 0 Å². The lowest BCUT2D eigenvalue weighted by Crippen LogP contribution is -2.65. The molecular weight excluding hydrogens is 542 g/mol. The Balaban J connectivity index is 1.32. The molecule has 222 valence electrons. The molecule has 1 spiro atoms. The van der Waals surface area contributed by atoms with Crippen molar-refractivity contribution in [3.63, 3.8) is 0 Å². The first-order valence-corrected chi connectivity index (χ1v) is 13.9. The van der Waals surface area contributed by atoms with Crippen LogP contribution in [0.2, 0.25) is 0 Å². The molecule has 2 aliphatic carbocycles. The average molecular weight is 576 g/mol. The minimum Gasteiger partial charge on any atom is -0.481 e. The topological polar surface area (TPSA) is 170 Å². The number of likely N-dealkylation sites (N-methyl/N-ethyl adjacent to an activating group) is 1. The number of hydrogen-bond donors (Lipinski definition) is 0. The molecule has 4 unspecified atom stereocenters. The van der Waals surface area contributed by atoms with Crippen molar-refractivity contribution in [3.8, 4) is 11.5 Å². The van der Waals surface area contributed by atoms with Crippen molar-refractivity contribution in [2.45, 2.75) is 75.0 Å². The van der Waals surface area contributed by atoms with Crippen LogP contribution in [0.15, 0.2) is 24.3 Å². The van der Waals surface area contributed by atoms with E-state index >= 15 is 0 Å². The molecule has 1 aromatic carbocycles. The van der Waals surface area contributed by atoms with E-state index in [-0.39, 0.29) is 38.0 Å². The highest BCUT2D eigenvalue weighted by Crippen LogP contribution is 2.62. The van der Waals surface area contributed by atoms with Crippen LogP contribution in [0.4, 0.5) is 0 Å². The molecule has 14 nitrogen and oxygen atoms in total. The molecule has 1 aromatic rings. The lowest BCUT2D eigenvalue weighted by atomic mass is 9.53. The Kier molecular flexibility index (Phi) is 8.29. The van der Waals surface area contributed by atoms with Crippen LogP contribution < -0.4 is 9.47 Å². The van der Waals surface area contributed by atoms with E-state index in [0.717, 1.165) is 30.5 Å². The number of rotatable bonds is 14. The van der Waals surface area contributed by atoms with Crippen LogP contribution in [0.3, 0.4) is 0 Å². The molecule has 2 aliphatic heterocycles. The Labute approximate surface area is 235 Å². The standard InChI is InChI=1S/C27H33N3O11/c1-28-13-12-27-18-9-11-21(40-23(32)7-3-5-15-38-30(35)36)26(27)41-25-20(10-8-17(24(25)27)16-19(18)28)39-22(31)6-2-4-14-37-29(33)34/h8-11,18-19,21,26H,2-7,12-16H2,1H3/t18?,19?,21?,26?,27-/m0/s1. The predicted octanol–water partition coefficient (Wildman–Crippen LogP) is 2.71. The maximum absolute atomic E-state index is 12.7. The third-order valence-corrected chi connectivity index (χ3v) is 8.55. The van der Waals surface area contributed by atoms with Gasteiger partial charge in [-0.25, -0.2) is 0 Å². The third-order valence-electron chi connectivity index (χ3n) is 8.55. The summed E-state index contributed by atoms with van der Waals surface area (Å²) in [6.07, 6.45) is 6.07.